The van der Waals surface area contributed by atoms with E-state index in [0.717, 1.165) is 19.5 Å². The number of methoxy groups -OCH3 is 1. The number of hydrogen-bond donors (Lipinski definition) is 2. The predicted molar refractivity (Wildman–Crippen MR) is 54.7 cm³/mol. The van der Waals surface area contributed by atoms with Crippen molar-refractivity contribution in [1.29, 1.82) is 0 Å². The Kier molecular flexibility index (Phi) is 4.16. The summed E-state index contributed by atoms with van der Waals surface area (Å²) in [6, 6.07) is 0. The molecule has 1 fully saturated rings. The monoisotopic (exact) mass is 186 g/mol. The van der Waals surface area contributed by atoms with Crippen LogP contribution in [-0.2, 0) is 4.74 Å². The SMILES string of the molecule is COC(C)CNCCC1(N)CCC1. The summed E-state index contributed by atoms with van der Waals surface area (Å²) in [5.74, 6) is 0. The molecule has 0 aromatic heterocycles. The Bertz CT molecular complexity index is 146. The first kappa shape index (κ1) is 11.0. The maximum absolute atomic E-state index is 6.08. The van der Waals surface area contributed by atoms with Gasteiger partial charge in [-0.25, -0.2) is 0 Å². The predicted octanol–water partition coefficient (Wildman–Crippen LogP) is 0.882. The Labute approximate surface area is 81.0 Å². The first-order valence-electron chi connectivity index (χ1n) is 5.19. The second kappa shape index (κ2) is 4.94. The van der Waals surface area contributed by atoms with Gasteiger partial charge in [0.25, 0.3) is 0 Å². The highest BCUT2D eigenvalue weighted by atomic mass is 16.5. The van der Waals surface area contributed by atoms with E-state index in [2.05, 4.69) is 12.2 Å². The molecule has 3 nitrogen and oxygen atoms in total. The van der Waals surface area contributed by atoms with Crippen LogP contribution in [0, 0.1) is 0 Å². The average Bonchev–Trinajstić information content (AvgIpc) is 2.09. The Morgan fingerprint density at radius 2 is 2.23 bits per heavy atom. The van der Waals surface area contributed by atoms with Gasteiger partial charge in [0.05, 0.1) is 6.10 Å². The van der Waals surface area contributed by atoms with Gasteiger partial charge in [-0.2, -0.15) is 0 Å². The van der Waals surface area contributed by atoms with E-state index in [1.807, 2.05) is 0 Å². The van der Waals surface area contributed by atoms with E-state index in [9.17, 15) is 0 Å². The Morgan fingerprint density at radius 3 is 2.69 bits per heavy atom. The van der Waals surface area contributed by atoms with E-state index in [1.165, 1.54) is 19.3 Å². The van der Waals surface area contributed by atoms with Crippen molar-refractivity contribution in [1.82, 2.24) is 5.32 Å². The first-order valence-corrected chi connectivity index (χ1v) is 5.19. The lowest BCUT2D eigenvalue weighted by Crippen LogP contribution is -2.48. The highest BCUT2D eigenvalue weighted by Crippen LogP contribution is 2.31. The second-order valence-electron chi connectivity index (χ2n) is 4.22. The summed E-state index contributed by atoms with van der Waals surface area (Å²) in [7, 11) is 1.74. The van der Waals surface area contributed by atoms with Crippen LogP contribution in [0.1, 0.15) is 32.6 Å². The van der Waals surface area contributed by atoms with Crippen LogP contribution in [-0.4, -0.2) is 31.8 Å². The molecular formula is C10H22N2O. The minimum Gasteiger partial charge on any atom is -0.380 e. The molecule has 1 unspecified atom stereocenters. The van der Waals surface area contributed by atoms with Gasteiger partial charge in [0.1, 0.15) is 0 Å². The third-order valence-corrected chi connectivity index (χ3v) is 2.98. The summed E-state index contributed by atoms with van der Waals surface area (Å²) in [5, 5.41) is 3.36. The van der Waals surface area contributed by atoms with Gasteiger partial charge in [-0.05, 0) is 39.2 Å². The third-order valence-electron chi connectivity index (χ3n) is 2.98. The molecule has 1 aliphatic carbocycles. The average molecular weight is 186 g/mol. The van der Waals surface area contributed by atoms with E-state index < -0.39 is 0 Å². The third kappa shape index (κ3) is 3.63. The molecule has 0 aromatic rings. The fraction of sp³-hybridized carbons (Fsp3) is 1.00. The lowest BCUT2D eigenvalue weighted by Gasteiger charge is -2.38. The normalized spacial score (nSPS) is 22.4. The number of hydrogen-bond acceptors (Lipinski definition) is 3. The van der Waals surface area contributed by atoms with E-state index >= 15 is 0 Å². The molecule has 1 saturated carbocycles. The van der Waals surface area contributed by atoms with Crippen LogP contribution in [0.25, 0.3) is 0 Å². The topological polar surface area (TPSA) is 47.3 Å². The van der Waals surface area contributed by atoms with Crippen molar-refractivity contribution >= 4 is 0 Å². The van der Waals surface area contributed by atoms with Crippen molar-refractivity contribution in [2.45, 2.75) is 44.2 Å². The van der Waals surface area contributed by atoms with Gasteiger partial charge in [-0.15, -0.1) is 0 Å². The standard InChI is InChI=1S/C10H22N2O/c1-9(13-2)8-12-7-6-10(11)4-3-5-10/h9,12H,3-8,11H2,1-2H3. The largest absolute Gasteiger partial charge is 0.380 e. The first-order chi connectivity index (χ1) is 6.16. The molecule has 0 spiro atoms. The van der Waals surface area contributed by atoms with E-state index in [4.69, 9.17) is 10.5 Å². The molecule has 0 saturated heterocycles. The highest BCUT2D eigenvalue weighted by Gasteiger charge is 2.31. The van der Waals surface area contributed by atoms with E-state index in [0.29, 0.717) is 6.10 Å². The van der Waals surface area contributed by atoms with Crippen LogP contribution in [0.4, 0.5) is 0 Å². The molecule has 3 heteroatoms. The van der Waals surface area contributed by atoms with Crippen LogP contribution in [0.2, 0.25) is 0 Å². The van der Waals surface area contributed by atoms with E-state index in [-0.39, 0.29) is 5.54 Å². The van der Waals surface area contributed by atoms with Crippen molar-refractivity contribution in [3.05, 3.63) is 0 Å². The molecular weight excluding hydrogens is 164 g/mol. The van der Waals surface area contributed by atoms with Crippen molar-refractivity contribution in [3.63, 3.8) is 0 Å². The number of rotatable bonds is 6. The number of nitrogens with one attached hydrogen (secondary N) is 1. The number of ether oxygens (including phenoxy) is 1. The minimum absolute atomic E-state index is 0.156. The molecule has 0 heterocycles. The van der Waals surface area contributed by atoms with Gasteiger partial charge >= 0.3 is 0 Å². The maximum Gasteiger partial charge on any atom is 0.0667 e. The van der Waals surface area contributed by atoms with Gasteiger partial charge in [0, 0.05) is 19.2 Å². The molecule has 0 radical (unpaired) electrons. The minimum atomic E-state index is 0.156. The van der Waals surface area contributed by atoms with Gasteiger partial charge in [0.15, 0.2) is 0 Å². The van der Waals surface area contributed by atoms with Crippen molar-refractivity contribution in [2.75, 3.05) is 20.2 Å². The second-order valence-corrected chi connectivity index (χ2v) is 4.22. The summed E-state index contributed by atoms with van der Waals surface area (Å²) < 4.78 is 5.13. The zero-order valence-electron chi connectivity index (χ0n) is 8.81. The highest BCUT2D eigenvalue weighted by molar-refractivity contribution is 4.92. The molecule has 0 aromatic carbocycles. The molecule has 13 heavy (non-hydrogen) atoms. The van der Waals surface area contributed by atoms with Crippen LogP contribution in [0.15, 0.2) is 0 Å². The lowest BCUT2D eigenvalue weighted by molar-refractivity contribution is 0.115. The molecule has 1 atom stereocenters. The maximum atomic E-state index is 6.08. The Balaban J connectivity index is 1.94. The fourth-order valence-electron chi connectivity index (χ4n) is 1.61. The molecule has 0 aliphatic heterocycles. The zero-order chi connectivity index (χ0) is 9.73. The van der Waals surface area contributed by atoms with Crippen molar-refractivity contribution in [3.8, 4) is 0 Å². The van der Waals surface area contributed by atoms with Gasteiger partial charge < -0.3 is 15.8 Å². The quantitative estimate of drug-likeness (QED) is 0.605. The lowest BCUT2D eigenvalue weighted by atomic mass is 9.75. The fourth-order valence-corrected chi connectivity index (χ4v) is 1.61. The summed E-state index contributed by atoms with van der Waals surface area (Å²) in [6.07, 6.45) is 5.12. The molecule has 3 N–H and O–H groups in total. The summed E-state index contributed by atoms with van der Waals surface area (Å²) in [4.78, 5) is 0. The zero-order valence-corrected chi connectivity index (χ0v) is 8.81. The van der Waals surface area contributed by atoms with Crippen LogP contribution >= 0.6 is 0 Å². The Morgan fingerprint density at radius 1 is 1.54 bits per heavy atom. The van der Waals surface area contributed by atoms with Gasteiger partial charge in [-0.1, -0.05) is 0 Å². The van der Waals surface area contributed by atoms with Gasteiger partial charge in [0.2, 0.25) is 0 Å². The van der Waals surface area contributed by atoms with E-state index in [1.54, 1.807) is 7.11 Å². The smallest absolute Gasteiger partial charge is 0.0667 e. The summed E-state index contributed by atoms with van der Waals surface area (Å²) >= 11 is 0. The molecule has 0 amide bonds. The van der Waals surface area contributed by atoms with Crippen molar-refractivity contribution < 1.29 is 4.74 Å². The number of nitrogens with two attached hydrogens (primary N) is 1. The van der Waals surface area contributed by atoms with Crippen LogP contribution < -0.4 is 11.1 Å². The molecule has 1 aliphatic rings. The van der Waals surface area contributed by atoms with Gasteiger partial charge in [-0.3, -0.25) is 0 Å². The summed E-state index contributed by atoms with van der Waals surface area (Å²) in [6.45, 7) is 4.01. The van der Waals surface area contributed by atoms with Crippen LogP contribution in [0.3, 0.4) is 0 Å². The van der Waals surface area contributed by atoms with Crippen molar-refractivity contribution in [2.24, 2.45) is 5.73 Å². The van der Waals surface area contributed by atoms with Crippen LogP contribution in [0.5, 0.6) is 0 Å². The molecule has 1 rings (SSSR count). The Hall–Kier alpha value is -0.120. The molecule has 78 valence electrons. The summed E-state index contributed by atoms with van der Waals surface area (Å²) in [5.41, 5.74) is 6.24. The molecule has 0 bridgehead atoms.